The van der Waals surface area contributed by atoms with E-state index in [9.17, 15) is 31.1 Å². The van der Waals surface area contributed by atoms with Crippen LogP contribution in [0.5, 0.6) is 0 Å². The average molecular weight is 575 g/mol. The second kappa shape index (κ2) is 10.5. The zero-order valence-electron chi connectivity index (χ0n) is 19.2. The topological polar surface area (TPSA) is 57.6 Å². The number of carbonyl (C=O) groups is 1. The number of hydrogen-bond acceptors (Lipinski definition) is 4. The molecule has 0 radical (unpaired) electrons. The quantitative estimate of drug-likeness (QED) is 0.331. The van der Waals surface area contributed by atoms with E-state index in [4.69, 9.17) is 23.2 Å². The number of nitrogens with zero attached hydrogens (tertiary/aromatic N) is 3. The van der Waals surface area contributed by atoms with Crippen LogP contribution in [0.2, 0.25) is 10.0 Å². The molecule has 1 unspecified atom stereocenters. The molecule has 1 aliphatic rings. The summed E-state index contributed by atoms with van der Waals surface area (Å²) in [5.74, 6) is -0.465. The van der Waals surface area contributed by atoms with Gasteiger partial charge in [-0.25, -0.2) is 0 Å². The van der Waals surface area contributed by atoms with E-state index in [0.29, 0.717) is 5.69 Å². The van der Waals surface area contributed by atoms with Crippen LogP contribution in [0.15, 0.2) is 72.0 Å². The lowest BCUT2D eigenvalue weighted by atomic mass is 9.83. The lowest BCUT2D eigenvalue weighted by Gasteiger charge is -2.40. The minimum atomic E-state index is -5.19. The van der Waals surface area contributed by atoms with Gasteiger partial charge in [-0.05, 0) is 53.6 Å². The highest BCUT2D eigenvalue weighted by molar-refractivity contribution is 6.34. The number of pyridine rings is 1. The third kappa shape index (κ3) is 5.88. The van der Waals surface area contributed by atoms with Crippen LogP contribution in [0.1, 0.15) is 33.6 Å². The Balaban J connectivity index is 1.66. The molecule has 0 fully saturated rings. The molecule has 13 heteroatoms. The van der Waals surface area contributed by atoms with E-state index >= 15 is 0 Å². The van der Waals surface area contributed by atoms with Crippen LogP contribution in [-0.4, -0.2) is 40.5 Å². The van der Waals surface area contributed by atoms with Gasteiger partial charge >= 0.3 is 12.4 Å². The summed E-state index contributed by atoms with van der Waals surface area (Å²) < 4.78 is 84.1. The first-order chi connectivity index (χ1) is 17.8. The van der Waals surface area contributed by atoms with Crippen molar-refractivity contribution in [2.75, 3.05) is 6.54 Å². The second-order valence-electron chi connectivity index (χ2n) is 8.49. The van der Waals surface area contributed by atoms with Crippen molar-refractivity contribution in [3.8, 4) is 0 Å². The lowest BCUT2D eigenvalue weighted by Crippen LogP contribution is -2.54. The van der Waals surface area contributed by atoms with Crippen LogP contribution in [0.3, 0.4) is 0 Å². The predicted octanol–water partition coefficient (Wildman–Crippen LogP) is 6.75. The number of aromatic nitrogens is 1. The van der Waals surface area contributed by atoms with Crippen molar-refractivity contribution < 1.29 is 31.1 Å². The van der Waals surface area contributed by atoms with Crippen LogP contribution >= 0.6 is 23.2 Å². The Morgan fingerprint density at radius 1 is 0.974 bits per heavy atom. The maximum absolute atomic E-state index is 14.6. The van der Waals surface area contributed by atoms with E-state index in [1.165, 1.54) is 30.3 Å². The lowest BCUT2D eigenvalue weighted by molar-refractivity contribution is -0.250. The van der Waals surface area contributed by atoms with Gasteiger partial charge < -0.3 is 5.32 Å². The Morgan fingerprint density at radius 2 is 1.63 bits per heavy atom. The van der Waals surface area contributed by atoms with Crippen molar-refractivity contribution in [3.05, 3.63) is 99.3 Å². The monoisotopic (exact) mass is 574 g/mol. The highest BCUT2D eigenvalue weighted by Gasteiger charge is 2.64. The van der Waals surface area contributed by atoms with Gasteiger partial charge in [0.25, 0.3) is 5.91 Å². The van der Waals surface area contributed by atoms with Crippen LogP contribution in [0.4, 0.5) is 26.3 Å². The Bertz CT molecular complexity index is 1330. The van der Waals surface area contributed by atoms with Crippen molar-refractivity contribution in [1.29, 1.82) is 0 Å². The highest BCUT2D eigenvalue weighted by Crippen LogP contribution is 2.52. The molecule has 0 saturated carbocycles. The van der Waals surface area contributed by atoms with Gasteiger partial charge in [0.05, 0.1) is 18.0 Å². The van der Waals surface area contributed by atoms with Gasteiger partial charge in [0, 0.05) is 28.2 Å². The molecule has 1 N–H and O–H groups in total. The number of hydrogen-bond donors (Lipinski definition) is 1. The second-order valence-corrected chi connectivity index (χ2v) is 9.37. The average Bonchev–Trinajstić information content (AvgIpc) is 3.21. The SMILES string of the molecule is O=C(NCc1ccccn1)c1ccc(C2=NN(CC(F)(F)F)C(c3cc(Cl)cc(Cl)c3)(C(F)(F)F)C2)cc1. The van der Waals surface area contributed by atoms with E-state index in [-0.39, 0.29) is 38.4 Å². The number of benzene rings is 2. The van der Waals surface area contributed by atoms with Gasteiger partial charge in [0.2, 0.25) is 0 Å². The van der Waals surface area contributed by atoms with Crippen molar-refractivity contribution in [1.82, 2.24) is 15.3 Å². The van der Waals surface area contributed by atoms with Crippen LogP contribution < -0.4 is 5.32 Å². The number of nitrogens with one attached hydrogen (secondary N) is 1. The normalized spacial score (nSPS) is 17.9. The molecule has 200 valence electrons. The fraction of sp³-hybridized carbons (Fsp3) is 0.240. The van der Waals surface area contributed by atoms with Crippen LogP contribution in [0, 0.1) is 0 Å². The van der Waals surface area contributed by atoms with Crippen molar-refractivity contribution in [2.45, 2.75) is 30.9 Å². The summed E-state index contributed by atoms with van der Waals surface area (Å²) in [6, 6.07) is 13.6. The molecule has 0 aliphatic carbocycles. The zero-order chi connectivity index (χ0) is 27.7. The summed E-state index contributed by atoms with van der Waals surface area (Å²) in [5.41, 5.74) is -3.06. The maximum Gasteiger partial charge on any atom is 0.417 e. The first-order valence-corrected chi connectivity index (χ1v) is 11.8. The maximum atomic E-state index is 14.6. The number of carbonyl (C=O) groups excluding carboxylic acids is 1. The Labute approximate surface area is 223 Å². The molecule has 3 aromatic rings. The first kappa shape index (κ1) is 27.7. The molecule has 1 amide bonds. The molecule has 2 aromatic carbocycles. The largest absolute Gasteiger partial charge is 0.417 e. The summed E-state index contributed by atoms with van der Waals surface area (Å²) in [6.07, 6.45) is -9.55. The number of halogens is 8. The van der Waals surface area contributed by atoms with Gasteiger partial charge in [-0.15, -0.1) is 0 Å². The third-order valence-corrected chi connectivity index (χ3v) is 6.32. The number of hydrazone groups is 1. The summed E-state index contributed by atoms with van der Waals surface area (Å²) >= 11 is 11.8. The smallest absolute Gasteiger partial charge is 0.346 e. The zero-order valence-corrected chi connectivity index (χ0v) is 20.8. The number of rotatable bonds is 6. The third-order valence-electron chi connectivity index (χ3n) is 5.88. The summed E-state index contributed by atoms with van der Waals surface area (Å²) in [4.78, 5) is 16.6. The number of amides is 1. The molecule has 2 heterocycles. The predicted molar refractivity (Wildman–Crippen MR) is 130 cm³/mol. The minimum absolute atomic E-state index is 0.0161. The van der Waals surface area contributed by atoms with Gasteiger partial charge in [-0.3, -0.25) is 14.8 Å². The van der Waals surface area contributed by atoms with E-state index < -0.39 is 42.3 Å². The van der Waals surface area contributed by atoms with Crippen molar-refractivity contribution in [3.63, 3.8) is 0 Å². The fourth-order valence-electron chi connectivity index (χ4n) is 4.14. The van der Waals surface area contributed by atoms with Crippen molar-refractivity contribution in [2.24, 2.45) is 5.10 Å². The van der Waals surface area contributed by atoms with Gasteiger partial charge in [-0.2, -0.15) is 31.4 Å². The van der Waals surface area contributed by atoms with E-state index in [2.05, 4.69) is 15.4 Å². The Hall–Kier alpha value is -3.31. The summed E-state index contributed by atoms with van der Waals surface area (Å²) in [6.45, 7) is -1.81. The molecule has 1 aliphatic heterocycles. The van der Waals surface area contributed by atoms with Gasteiger partial charge in [-0.1, -0.05) is 41.4 Å². The highest BCUT2D eigenvalue weighted by atomic mass is 35.5. The molecule has 0 saturated heterocycles. The van der Waals surface area contributed by atoms with E-state index in [1.54, 1.807) is 24.4 Å². The molecule has 1 aromatic heterocycles. The molecule has 5 nitrogen and oxygen atoms in total. The first-order valence-electron chi connectivity index (χ1n) is 11.0. The molecule has 4 rings (SSSR count). The molecular weight excluding hydrogens is 557 g/mol. The summed E-state index contributed by atoms with van der Waals surface area (Å²) in [5, 5.41) is 6.07. The van der Waals surface area contributed by atoms with E-state index in [1.807, 2.05) is 0 Å². The molecule has 0 bridgehead atoms. The minimum Gasteiger partial charge on any atom is -0.346 e. The summed E-state index contributed by atoms with van der Waals surface area (Å²) in [7, 11) is 0. The van der Waals surface area contributed by atoms with Gasteiger partial charge in [0.15, 0.2) is 5.54 Å². The number of alkyl halides is 6. The van der Waals surface area contributed by atoms with Crippen LogP contribution in [0.25, 0.3) is 0 Å². The van der Waals surface area contributed by atoms with Crippen LogP contribution in [-0.2, 0) is 12.1 Å². The molecule has 0 spiro atoms. The Kier molecular flexibility index (Phi) is 7.62. The fourth-order valence-corrected chi connectivity index (χ4v) is 4.67. The standard InChI is InChI=1S/C25H18Cl2F6N4O/c26-18-9-17(10-19(27)11-18)23(25(31,32)33)12-21(36-37(23)14-24(28,29)30)15-4-6-16(7-5-15)22(38)35-13-20-3-1-2-8-34-20/h1-11H,12-14H2,(H,35,38). The van der Waals surface area contributed by atoms with Crippen molar-refractivity contribution >= 4 is 34.8 Å². The molecular formula is C25H18Cl2F6N4O. The van der Waals surface area contributed by atoms with Gasteiger partial charge in [0.1, 0.15) is 6.54 Å². The molecule has 38 heavy (non-hydrogen) atoms. The molecule has 1 atom stereocenters. The Morgan fingerprint density at radius 3 is 2.18 bits per heavy atom. The van der Waals surface area contributed by atoms with E-state index in [0.717, 1.165) is 12.1 Å².